The van der Waals surface area contributed by atoms with Crippen molar-refractivity contribution in [3.8, 4) is 11.1 Å². The zero-order chi connectivity index (χ0) is 21.7. The maximum Gasteiger partial charge on any atom is 0.416 e. The predicted octanol–water partition coefficient (Wildman–Crippen LogP) is 4.60. The number of halogens is 7. The Hall–Kier alpha value is -2.38. The summed E-state index contributed by atoms with van der Waals surface area (Å²) in [5.41, 5.74) is -6.93. The molecule has 2 rings (SSSR count). The van der Waals surface area contributed by atoms with E-state index >= 15 is 0 Å². The van der Waals surface area contributed by atoms with Crippen LogP contribution in [0.2, 0.25) is 5.02 Å². The summed E-state index contributed by atoms with van der Waals surface area (Å²) >= 11 is 5.63. The highest BCUT2D eigenvalue weighted by atomic mass is 35.5. The number of nitrogens with zero attached hydrogens (tertiary/aromatic N) is 1. The lowest BCUT2D eigenvalue weighted by Crippen LogP contribution is -2.15. The van der Waals surface area contributed by atoms with Gasteiger partial charge in [-0.1, -0.05) is 11.6 Å². The Morgan fingerprint density at radius 1 is 0.964 bits per heavy atom. The first kappa shape index (κ1) is 21.9. The Labute approximate surface area is 157 Å². The molecule has 2 aromatic carbocycles. The molecule has 0 bridgehead atoms. The number of hydrogen-bond acceptors (Lipinski definition) is 4. The molecule has 0 spiro atoms. The van der Waals surface area contributed by atoms with Crippen LogP contribution in [-0.2, 0) is 22.4 Å². The standard InChI is InChI=1S/C14H7ClF6N2O4S/c15-9-1-2-10(28(22,26)27)11(12(9)23(24)25)6-3-7(13(16,17)18)5-8(4-6)14(19,20)21/h1-5H,(H2,22,26,27). The van der Waals surface area contributed by atoms with Gasteiger partial charge in [-0.15, -0.1) is 0 Å². The van der Waals surface area contributed by atoms with Gasteiger partial charge in [-0.3, -0.25) is 10.1 Å². The van der Waals surface area contributed by atoms with Gasteiger partial charge in [0, 0.05) is 0 Å². The molecule has 0 saturated heterocycles. The summed E-state index contributed by atoms with van der Waals surface area (Å²) in [6.45, 7) is 0. The zero-order valence-electron chi connectivity index (χ0n) is 13.1. The third-order valence-electron chi connectivity index (χ3n) is 3.46. The molecule has 0 fully saturated rings. The number of nitro groups is 1. The first-order valence-electron chi connectivity index (χ1n) is 6.83. The van der Waals surface area contributed by atoms with Gasteiger partial charge in [-0.05, 0) is 35.9 Å². The third kappa shape index (κ3) is 4.36. The smallest absolute Gasteiger partial charge is 0.258 e. The van der Waals surface area contributed by atoms with Crippen molar-refractivity contribution in [1.29, 1.82) is 0 Å². The fraction of sp³-hybridized carbons (Fsp3) is 0.143. The molecule has 0 amide bonds. The summed E-state index contributed by atoms with van der Waals surface area (Å²) in [6, 6.07) is 1.45. The van der Waals surface area contributed by atoms with E-state index in [0.717, 1.165) is 6.07 Å². The Bertz CT molecular complexity index is 1030. The minimum absolute atomic E-state index is 0.141. The zero-order valence-corrected chi connectivity index (χ0v) is 14.7. The maximum absolute atomic E-state index is 13.1. The van der Waals surface area contributed by atoms with Crippen LogP contribution < -0.4 is 5.14 Å². The van der Waals surface area contributed by atoms with E-state index in [4.69, 9.17) is 16.7 Å². The molecular formula is C14H7ClF6N2O4S. The molecule has 2 N–H and O–H groups in total. The molecule has 0 radical (unpaired) electrons. The summed E-state index contributed by atoms with van der Waals surface area (Å²) < 4.78 is 102. The van der Waals surface area contributed by atoms with Gasteiger partial charge in [0.25, 0.3) is 5.69 Å². The molecule has 0 aliphatic heterocycles. The van der Waals surface area contributed by atoms with Crippen molar-refractivity contribution in [3.05, 3.63) is 56.6 Å². The Kier molecular flexibility index (Phi) is 5.40. The number of rotatable bonds is 3. The predicted molar refractivity (Wildman–Crippen MR) is 84.9 cm³/mol. The topological polar surface area (TPSA) is 103 Å². The SMILES string of the molecule is NS(=O)(=O)c1ccc(Cl)c([N+](=O)[O-])c1-c1cc(C(F)(F)F)cc(C(F)(F)F)c1. The van der Waals surface area contributed by atoms with Crippen LogP contribution in [0.15, 0.2) is 35.2 Å². The lowest BCUT2D eigenvalue weighted by atomic mass is 9.97. The molecule has 152 valence electrons. The summed E-state index contributed by atoms with van der Waals surface area (Å²) in [5.74, 6) is 0. The van der Waals surface area contributed by atoms with Gasteiger partial charge in [0.2, 0.25) is 10.0 Å². The first-order valence-corrected chi connectivity index (χ1v) is 8.75. The fourth-order valence-electron chi connectivity index (χ4n) is 2.34. The molecule has 0 atom stereocenters. The Balaban J connectivity index is 3.06. The van der Waals surface area contributed by atoms with Gasteiger partial charge in [-0.25, -0.2) is 13.6 Å². The van der Waals surface area contributed by atoms with E-state index in [-0.39, 0.29) is 18.2 Å². The Morgan fingerprint density at radius 3 is 1.79 bits per heavy atom. The number of nitrogens with two attached hydrogens (primary N) is 1. The van der Waals surface area contributed by atoms with Crippen LogP contribution in [0.25, 0.3) is 11.1 Å². The van der Waals surface area contributed by atoms with Crippen LogP contribution in [-0.4, -0.2) is 13.3 Å². The van der Waals surface area contributed by atoms with Crippen molar-refractivity contribution >= 4 is 27.3 Å². The second kappa shape index (κ2) is 6.90. The van der Waals surface area contributed by atoms with Crippen LogP contribution in [0.1, 0.15) is 11.1 Å². The van der Waals surface area contributed by atoms with Crippen LogP contribution in [0, 0.1) is 10.1 Å². The van der Waals surface area contributed by atoms with E-state index in [2.05, 4.69) is 0 Å². The van der Waals surface area contributed by atoms with Gasteiger partial charge in [0.15, 0.2) is 0 Å². The number of alkyl halides is 6. The molecular weight excluding hydrogens is 442 g/mol. The summed E-state index contributed by atoms with van der Waals surface area (Å²) in [5, 5.41) is 15.5. The summed E-state index contributed by atoms with van der Waals surface area (Å²) in [6.07, 6.45) is -10.5. The average molecular weight is 449 g/mol. The van der Waals surface area contributed by atoms with Crippen LogP contribution in [0.4, 0.5) is 32.0 Å². The van der Waals surface area contributed by atoms with E-state index in [0.29, 0.717) is 6.07 Å². The van der Waals surface area contributed by atoms with Crippen molar-refractivity contribution in [1.82, 2.24) is 0 Å². The van der Waals surface area contributed by atoms with Gasteiger partial charge in [0.1, 0.15) is 5.02 Å². The van der Waals surface area contributed by atoms with Crippen LogP contribution >= 0.6 is 11.6 Å². The van der Waals surface area contributed by atoms with Crippen LogP contribution in [0.5, 0.6) is 0 Å². The second-order valence-electron chi connectivity index (χ2n) is 5.37. The number of primary sulfonamides is 1. The summed E-state index contributed by atoms with van der Waals surface area (Å²) in [4.78, 5) is 9.00. The number of nitro benzene ring substituents is 1. The molecule has 0 aliphatic rings. The van der Waals surface area contributed by atoms with Gasteiger partial charge < -0.3 is 0 Å². The van der Waals surface area contributed by atoms with E-state index in [9.17, 15) is 44.9 Å². The van der Waals surface area contributed by atoms with Crippen LogP contribution in [0.3, 0.4) is 0 Å². The number of hydrogen-bond donors (Lipinski definition) is 1. The van der Waals surface area contributed by atoms with Gasteiger partial charge >= 0.3 is 12.4 Å². The average Bonchev–Trinajstić information content (AvgIpc) is 2.50. The van der Waals surface area contributed by atoms with Crippen molar-refractivity contribution in [2.45, 2.75) is 17.2 Å². The lowest BCUT2D eigenvalue weighted by Gasteiger charge is -2.16. The van der Waals surface area contributed by atoms with Gasteiger partial charge in [0.05, 0.1) is 26.5 Å². The van der Waals surface area contributed by atoms with E-state index in [1.54, 1.807) is 0 Å². The highest BCUT2D eigenvalue weighted by Gasteiger charge is 2.38. The van der Waals surface area contributed by atoms with Crippen molar-refractivity contribution in [2.75, 3.05) is 0 Å². The molecule has 0 saturated carbocycles. The highest BCUT2D eigenvalue weighted by Crippen LogP contribution is 2.44. The third-order valence-corrected chi connectivity index (χ3v) is 4.71. The molecule has 0 unspecified atom stereocenters. The van der Waals surface area contributed by atoms with Gasteiger partial charge in [-0.2, -0.15) is 26.3 Å². The minimum atomic E-state index is -5.26. The van der Waals surface area contributed by atoms with E-state index < -0.39 is 65.2 Å². The molecule has 0 aromatic heterocycles. The molecule has 0 heterocycles. The lowest BCUT2D eigenvalue weighted by molar-refractivity contribution is -0.384. The molecule has 0 aliphatic carbocycles. The quantitative estimate of drug-likeness (QED) is 0.421. The number of benzene rings is 2. The molecule has 28 heavy (non-hydrogen) atoms. The number of sulfonamides is 1. The first-order chi connectivity index (χ1) is 12.5. The van der Waals surface area contributed by atoms with Crippen molar-refractivity contribution < 1.29 is 39.7 Å². The fourth-order valence-corrected chi connectivity index (χ4v) is 3.32. The second-order valence-corrected chi connectivity index (χ2v) is 7.30. The largest absolute Gasteiger partial charge is 0.416 e. The van der Waals surface area contributed by atoms with Crippen molar-refractivity contribution in [2.24, 2.45) is 5.14 Å². The Morgan fingerprint density at radius 2 is 1.43 bits per heavy atom. The minimum Gasteiger partial charge on any atom is -0.258 e. The summed E-state index contributed by atoms with van der Waals surface area (Å²) in [7, 11) is -4.78. The van der Waals surface area contributed by atoms with E-state index in [1.807, 2.05) is 0 Å². The normalized spacial score (nSPS) is 12.9. The maximum atomic E-state index is 13.1. The molecule has 2 aromatic rings. The monoisotopic (exact) mass is 448 g/mol. The molecule has 6 nitrogen and oxygen atoms in total. The van der Waals surface area contributed by atoms with Crippen molar-refractivity contribution in [3.63, 3.8) is 0 Å². The molecule has 14 heteroatoms. The van der Waals surface area contributed by atoms with E-state index in [1.165, 1.54) is 0 Å². The highest BCUT2D eigenvalue weighted by molar-refractivity contribution is 7.89.